The fourth-order valence-electron chi connectivity index (χ4n) is 0.191. The second-order valence-electron chi connectivity index (χ2n) is 1.61. The molecule has 0 bridgehead atoms. The summed E-state index contributed by atoms with van der Waals surface area (Å²) in [6.07, 6.45) is 0. The summed E-state index contributed by atoms with van der Waals surface area (Å²) in [5.41, 5.74) is 2.59. The topological polar surface area (TPSA) is 27.6 Å². The monoisotopic (exact) mass is 113 g/mol. The highest BCUT2D eigenvalue weighted by molar-refractivity contribution is 5.22. The van der Waals surface area contributed by atoms with E-state index in [0.29, 0.717) is 0 Å². The molecule has 0 aliphatic heterocycles. The molecule has 0 aliphatic rings. The van der Waals surface area contributed by atoms with E-state index in [2.05, 4.69) is 23.8 Å². The van der Waals surface area contributed by atoms with Crippen molar-refractivity contribution in [3.8, 4) is 0 Å². The predicted molar refractivity (Wildman–Crippen MR) is 35.5 cm³/mol. The van der Waals surface area contributed by atoms with E-state index in [4.69, 9.17) is 0 Å². The lowest BCUT2D eigenvalue weighted by atomic mass is 10.7. The standard InChI is InChI=1S/C5H11N3/c1-5(7-6-2)8(3)4/h7H,1-2H2,3-4H3. The maximum Gasteiger partial charge on any atom is 0.114 e. The van der Waals surface area contributed by atoms with Gasteiger partial charge in [0.05, 0.1) is 0 Å². The van der Waals surface area contributed by atoms with Crippen LogP contribution in [0.2, 0.25) is 0 Å². The van der Waals surface area contributed by atoms with Crippen molar-refractivity contribution >= 4 is 6.72 Å². The van der Waals surface area contributed by atoms with Crippen molar-refractivity contribution in [3.05, 3.63) is 12.4 Å². The van der Waals surface area contributed by atoms with Gasteiger partial charge < -0.3 is 4.90 Å². The molecular weight excluding hydrogens is 102 g/mol. The van der Waals surface area contributed by atoms with Gasteiger partial charge >= 0.3 is 0 Å². The second-order valence-corrected chi connectivity index (χ2v) is 1.61. The van der Waals surface area contributed by atoms with Gasteiger partial charge in [0, 0.05) is 20.8 Å². The fraction of sp³-hybridized carbons (Fsp3) is 0.400. The molecule has 0 atom stereocenters. The van der Waals surface area contributed by atoms with Crippen molar-refractivity contribution in [2.45, 2.75) is 0 Å². The van der Waals surface area contributed by atoms with Crippen molar-refractivity contribution in [3.63, 3.8) is 0 Å². The highest BCUT2D eigenvalue weighted by Gasteiger charge is 1.87. The van der Waals surface area contributed by atoms with Crippen LogP contribution >= 0.6 is 0 Å². The summed E-state index contributed by atoms with van der Waals surface area (Å²) in [5, 5.41) is 3.42. The van der Waals surface area contributed by atoms with Gasteiger partial charge in [-0.15, -0.1) is 0 Å². The Bertz CT molecular complexity index is 95.8. The lowest BCUT2D eigenvalue weighted by Crippen LogP contribution is -2.19. The average molecular weight is 113 g/mol. The van der Waals surface area contributed by atoms with Crippen LogP contribution < -0.4 is 5.43 Å². The summed E-state index contributed by atoms with van der Waals surface area (Å²) in [6, 6.07) is 0. The Hall–Kier alpha value is -0.990. The Morgan fingerprint density at radius 3 is 2.25 bits per heavy atom. The fourth-order valence-corrected chi connectivity index (χ4v) is 0.191. The molecule has 0 heterocycles. The van der Waals surface area contributed by atoms with Gasteiger partial charge in [-0.25, -0.2) is 0 Å². The van der Waals surface area contributed by atoms with Gasteiger partial charge in [0.25, 0.3) is 0 Å². The normalized spacial score (nSPS) is 7.75. The number of hydrogen-bond donors (Lipinski definition) is 1. The third-order valence-electron chi connectivity index (χ3n) is 0.748. The molecule has 0 aromatic heterocycles. The quantitative estimate of drug-likeness (QED) is 0.419. The molecule has 46 valence electrons. The lowest BCUT2D eigenvalue weighted by Gasteiger charge is -2.12. The third kappa shape index (κ3) is 2.23. The molecule has 0 rings (SSSR count). The first kappa shape index (κ1) is 7.01. The summed E-state index contributed by atoms with van der Waals surface area (Å²) >= 11 is 0. The molecule has 8 heavy (non-hydrogen) atoms. The molecule has 0 saturated heterocycles. The van der Waals surface area contributed by atoms with Crippen LogP contribution in [0.1, 0.15) is 0 Å². The number of rotatable bonds is 3. The Kier molecular flexibility index (Phi) is 2.69. The van der Waals surface area contributed by atoms with Gasteiger partial charge in [0.1, 0.15) is 5.82 Å². The van der Waals surface area contributed by atoms with Gasteiger partial charge in [0.15, 0.2) is 0 Å². The third-order valence-corrected chi connectivity index (χ3v) is 0.748. The highest BCUT2D eigenvalue weighted by Crippen LogP contribution is 1.84. The molecule has 0 fully saturated rings. The van der Waals surface area contributed by atoms with E-state index >= 15 is 0 Å². The molecular formula is C5H11N3. The zero-order chi connectivity index (χ0) is 6.57. The van der Waals surface area contributed by atoms with E-state index in [1.165, 1.54) is 0 Å². The van der Waals surface area contributed by atoms with Gasteiger partial charge in [-0.05, 0) is 0 Å². The number of nitrogens with zero attached hydrogens (tertiary/aromatic N) is 2. The number of hydrazone groups is 1. The van der Waals surface area contributed by atoms with Crippen LogP contribution in [0, 0.1) is 0 Å². The summed E-state index contributed by atoms with van der Waals surface area (Å²) in [4.78, 5) is 1.81. The molecule has 0 aromatic carbocycles. The number of hydrogen-bond acceptors (Lipinski definition) is 3. The Morgan fingerprint density at radius 2 is 2.12 bits per heavy atom. The minimum absolute atomic E-state index is 0.736. The average Bonchev–Trinajstić information content (AvgIpc) is 1.67. The van der Waals surface area contributed by atoms with Crippen LogP contribution in [-0.2, 0) is 0 Å². The van der Waals surface area contributed by atoms with Gasteiger partial charge in [-0.3, -0.25) is 5.43 Å². The molecule has 0 aliphatic carbocycles. The first-order valence-electron chi connectivity index (χ1n) is 2.26. The molecule has 3 heteroatoms. The molecule has 3 nitrogen and oxygen atoms in total. The smallest absolute Gasteiger partial charge is 0.114 e. The SMILES string of the molecule is C=NNC(=C)N(C)C. The molecule has 0 spiro atoms. The Morgan fingerprint density at radius 1 is 1.62 bits per heavy atom. The van der Waals surface area contributed by atoms with E-state index in [-0.39, 0.29) is 0 Å². The molecule has 0 saturated carbocycles. The van der Waals surface area contributed by atoms with Gasteiger partial charge in [-0.2, -0.15) is 5.10 Å². The van der Waals surface area contributed by atoms with Crippen molar-refractivity contribution in [2.24, 2.45) is 5.10 Å². The van der Waals surface area contributed by atoms with Crippen LogP contribution in [0.5, 0.6) is 0 Å². The van der Waals surface area contributed by atoms with E-state index in [1.54, 1.807) is 0 Å². The van der Waals surface area contributed by atoms with Gasteiger partial charge in [0.2, 0.25) is 0 Å². The summed E-state index contributed by atoms with van der Waals surface area (Å²) in [7, 11) is 3.75. The molecule has 0 amide bonds. The molecule has 1 N–H and O–H groups in total. The minimum atomic E-state index is 0.736. The Balaban J connectivity index is 3.48. The van der Waals surface area contributed by atoms with Crippen molar-refractivity contribution in [2.75, 3.05) is 14.1 Å². The number of nitrogens with one attached hydrogen (secondary N) is 1. The highest BCUT2D eigenvalue weighted by atomic mass is 15.4. The van der Waals surface area contributed by atoms with Crippen molar-refractivity contribution in [1.29, 1.82) is 0 Å². The van der Waals surface area contributed by atoms with Gasteiger partial charge in [-0.1, -0.05) is 6.58 Å². The largest absolute Gasteiger partial charge is 0.364 e. The van der Waals surface area contributed by atoms with E-state index in [0.717, 1.165) is 5.82 Å². The van der Waals surface area contributed by atoms with Crippen molar-refractivity contribution in [1.82, 2.24) is 10.3 Å². The Labute approximate surface area is 49.7 Å². The first-order chi connectivity index (χ1) is 3.68. The molecule has 0 aromatic rings. The summed E-state index contributed by atoms with van der Waals surface area (Å²) in [6.45, 7) is 6.86. The van der Waals surface area contributed by atoms with E-state index < -0.39 is 0 Å². The summed E-state index contributed by atoms with van der Waals surface area (Å²) in [5.74, 6) is 0.736. The predicted octanol–water partition coefficient (Wildman–Crippen LogP) is 0.224. The van der Waals surface area contributed by atoms with E-state index in [9.17, 15) is 0 Å². The van der Waals surface area contributed by atoms with Crippen LogP contribution in [0.15, 0.2) is 17.5 Å². The maximum absolute atomic E-state index is 3.62. The van der Waals surface area contributed by atoms with Crippen molar-refractivity contribution < 1.29 is 0 Å². The van der Waals surface area contributed by atoms with Crippen LogP contribution in [-0.4, -0.2) is 25.7 Å². The maximum atomic E-state index is 3.62. The van der Waals surface area contributed by atoms with Crippen LogP contribution in [0.25, 0.3) is 0 Å². The van der Waals surface area contributed by atoms with Crippen LogP contribution in [0.3, 0.4) is 0 Å². The van der Waals surface area contributed by atoms with E-state index in [1.807, 2.05) is 19.0 Å². The van der Waals surface area contributed by atoms with Crippen LogP contribution in [0.4, 0.5) is 0 Å². The first-order valence-corrected chi connectivity index (χ1v) is 2.26. The summed E-state index contributed by atoms with van der Waals surface area (Å²) < 4.78 is 0. The second kappa shape index (κ2) is 3.07. The zero-order valence-corrected chi connectivity index (χ0v) is 5.31. The zero-order valence-electron chi connectivity index (χ0n) is 5.31. The molecule has 0 radical (unpaired) electrons. The molecule has 0 unspecified atom stereocenters. The lowest BCUT2D eigenvalue weighted by molar-refractivity contribution is 0.469. The minimum Gasteiger partial charge on any atom is -0.364 e.